The smallest absolute Gasteiger partial charge is 0.490 e. The molecule has 1 atom stereocenters. The lowest BCUT2D eigenvalue weighted by Crippen LogP contribution is -2.27. The second-order valence-corrected chi connectivity index (χ2v) is 8.01. The van der Waals surface area contributed by atoms with Gasteiger partial charge in [0.1, 0.15) is 17.6 Å². The summed E-state index contributed by atoms with van der Waals surface area (Å²) in [5, 5.41) is 28.7. The SMILES string of the molecule is CCOc1c(C(C)NC(=O)c2c(N)nn3cccnc23)cc(Cl)c2cn(CC#N)nc12.O=C(O)C(F)(F)F. The highest BCUT2D eigenvalue weighted by Gasteiger charge is 2.38. The number of aromatic nitrogens is 5. The van der Waals surface area contributed by atoms with Gasteiger partial charge in [-0.1, -0.05) is 11.6 Å². The van der Waals surface area contributed by atoms with Gasteiger partial charge in [-0.25, -0.2) is 14.3 Å². The maximum absolute atomic E-state index is 13.0. The number of nitrogens with one attached hydrogen (secondary N) is 1. The van der Waals surface area contributed by atoms with E-state index in [1.165, 1.54) is 9.20 Å². The van der Waals surface area contributed by atoms with E-state index < -0.39 is 24.1 Å². The van der Waals surface area contributed by atoms with Gasteiger partial charge in [-0.3, -0.25) is 9.48 Å². The summed E-state index contributed by atoms with van der Waals surface area (Å²) < 4.78 is 40.5. The number of rotatable bonds is 6. The highest BCUT2D eigenvalue weighted by Crippen LogP contribution is 2.38. The molecule has 4 rings (SSSR count). The Balaban J connectivity index is 0.000000505. The van der Waals surface area contributed by atoms with Crippen LogP contribution < -0.4 is 15.8 Å². The lowest BCUT2D eigenvalue weighted by molar-refractivity contribution is -0.192. The quantitative estimate of drug-likeness (QED) is 0.324. The number of benzene rings is 1. The number of aliphatic carboxylic acids is 1. The van der Waals surface area contributed by atoms with Crippen LogP contribution in [0.1, 0.15) is 35.8 Å². The zero-order chi connectivity index (χ0) is 28.2. The number of carbonyl (C=O) groups excluding carboxylic acids is 1. The number of halogens is 4. The predicted octanol–water partition coefficient (Wildman–Crippen LogP) is 3.36. The van der Waals surface area contributed by atoms with Crippen LogP contribution in [0.2, 0.25) is 5.02 Å². The summed E-state index contributed by atoms with van der Waals surface area (Å²) in [6.07, 6.45) is -0.158. The molecule has 0 fully saturated rings. The van der Waals surface area contributed by atoms with Gasteiger partial charge in [0.2, 0.25) is 0 Å². The zero-order valence-corrected chi connectivity index (χ0v) is 20.6. The first-order valence-corrected chi connectivity index (χ1v) is 11.2. The Labute approximate surface area is 217 Å². The number of carbonyl (C=O) groups is 2. The summed E-state index contributed by atoms with van der Waals surface area (Å²) in [6, 6.07) is 4.99. The fourth-order valence-corrected chi connectivity index (χ4v) is 3.68. The Bertz CT molecular complexity index is 1540. The number of carboxylic acids is 1. The first-order chi connectivity index (χ1) is 17.9. The van der Waals surface area contributed by atoms with E-state index in [4.69, 9.17) is 37.2 Å². The molecule has 0 spiro atoms. The Hall–Kier alpha value is -4.58. The van der Waals surface area contributed by atoms with Gasteiger partial charge in [0.25, 0.3) is 5.91 Å². The topological polar surface area (TPSA) is 173 Å². The van der Waals surface area contributed by atoms with Crippen LogP contribution in [0.15, 0.2) is 30.7 Å². The van der Waals surface area contributed by atoms with Crippen molar-refractivity contribution in [2.45, 2.75) is 32.6 Å². The minimum atomic E-state index is -5.08. The molecule has 4 aromatic rings. The molecular formula is C22H20ClF3N8O4. The molecule has 0 radical (unpaired) electrons. The summed E-state index contributed by atoms with van der Waals surface area (Å²) in [6.45, 7) is 4.13. The maximum atomic E-state index is 13.0. The van der Waals surface area contributed by atoms with Crippen LogP contribution in [0.3, 0.4) is 0 Å². The van der Waals surface area contributed by atoms with Gasteiger partial charge in [0.05, 0.1) is 23.7 Å². The number of nitrogens with zero attached hydrogens (tertiary/aromatic N) is 6. The Morgan fingerprint density at radius 3 is 2.66 bits per heavy atom. The molecule has 1 unspecified atom stereocenters. The number of amides is 1. The third kappa shape index (κ3) is 5.86. The number of fused-ring (bicyclic) bond motifs is 2. The highest BCUT2D eigenvalue weighted by molar-refractivity contribution is 6.35. The van der Waals surface area contributed by atoms with E-state index in [1.807, 2.05) is 13.0 Å². The Morgan fingerprint density at radius 1 is 1.37 bits per heavy atom. The summed E-state index contributed by atoms with van der Waals surface area (Å²) in [7, 11) is 0. The molecule has 200 valence electrons. The van der Waals surface area contributed by atoms with Gasteiger partial charge in [0, 0.05) is 29.5 Å². The van der Waals surface area contributed by atoms with Crippen molar-refractivity contribution < 1.29 is 32.6 Å². The number of alkyl halides is 3. The van der Waals surface area contributed by atoms with Crippen molar-refractivity contribution in [1.29, 1.82) is 5.26 Å². The standard InChI is InChI=1S/C20H19ClN8O2.C2HF3O2/c1-3-31-17-12(9-14(21)13-10-28(8-5-22)26-16(13)17)11(2)25-20(30)15-18(23)27-29-7-4-6-24-19(15)29;3-2(4,5)1(6)7/h4,6-7,9-11H,3,8H2,1-2H3,(H2,23,27)(H,25,30);(H,6,7). The molecule has 0 saturated carbocycles. The molecule has 12 nitrogen and oxygen atoms in total. The third-order valence-electron chi connectivity index (χ3n) is 5.01. The molecule has 1 amide bonds. The summed E-state index contributed by atoms with van der Waals surface area (Å²) in [5.41, 5.74) is 7.69. The molecule has 1 aromatic carbocycles. The van der Waals surface area contributed by atoms with Gasteiger partial charge in [0.15, 0.2) is 17.2 Å². The van der Waals surface area contributed by atoms with Crippen molar-refractivity contribution in [1.82, 2.24) is 29.7 Å². The van der Waals surface area contributed by atoms with Crippen molar-refractivity contribution >= 4 is 45.8 Å². The van der Waals surface area contributed by atoms with Crippen LogP contribution in [-0.4, -0.2) is 54.1 Å². The normalized spacial score (nSPS) is 11.9. The lowest BCUT2D eigenvalue weighted by atomic mass is 10.0. The van der Waals surface area contributed by atoms with E-state index in [1.54, 1.807) is 37.6 Å². The molecule has 3 aromatic heterocycles. The monoisotopic (exact) mass is 552 g/mol. The molecule has 3 heterocycles. The molecule has 0 saturated heterocycles. The Morgan fingerprint density at radius 2 is 2.05 bits per heavy atom. The van der Waals surface area contributed by atoms with Crippen LogP contribution in [0, 0.1) is 11.3 Å². The van der Waals surface area contributed by atoms with Gasteiger partial charge < -0.3 is 20.9 Å². The number of nitriles is 1. The van der Waals surface area contributed by atoms with Crippen LogP contribution >= 0.6 is 11.6 Å². The Kier molecular flexibility index (Phi) is 8.26. The van der Waals surface area contributed by atoms with Gasteiger partial charge in [-0.05, 0) is 26.0 Å². The molecule has 16 heteroatoms. The largest absolute Gasteiger partial charge is 0.491 e. The first-order valence-electron chi connectivity index (χ1n) is 10.8. The predicted molar refractivity (Wildman–Crippen MR) is 128 cm³/mol. The first kappa shape index (κ1) is 28.0. The van der Waals surface area contributed by atoms with E-state index >= 15 is 0 Å². The molecule has 0 aliphatic rings. The van der Waals surface area contributed by atoms with Crippen molar-refractivity contribution in [3.05, 3.63) is 46.9 Å². The molecular weight excluding hydrogens is 533 g/mol. The number of nitrogens with two attached hydrogens (primary N) is 1. The molecule has 4 N–H and O–H groups in total. The second-order valence-electron chi connectivity index (χ2n) is 7.60. The molecule has 38 heavy (non-hydrogen) atoms. The summed E-state index contributed by atoms with van der Waals surface area (Å²) in [4.78, 5) is 26.1. The number of anilines is 1. The number of ether oxygens (including phenoxy) is 1. The average molecular weight is 553 g/mol. The van der Waals surface area contributed by atoms with Gasteiger partial charge in [-0.15, -0.1) is 5.10 Å². The van der Waals surface area contributed by atoms with Crippen LogP contribution in [0.5, 0.6) is 5.75 Å². The van der Waals surface area contributed by atoms with Gasteiger partial charge >= 0.3 is 12.1 Å². The second kappa shape index (κ2) is 11.2. The van der Waals surface area contributed by atoms with Gasteiger partial charge in [-0.2, -0.15) is 23.5 Å². The summed E-state index contributed by atoms with van der Waals surface area (Å²) in [5.74, 6) is -2.60. The average Bonchev–Trinajstić information content (AvgIpc) is 3.41. The lowest BCUT2D eigenvalue weighted by Gasteiger charge is -2.19. The van der Waals surface area contributed by atoms with Crippen LogP contribution in [0.4, 0.5) is 19.0 Å². The van der Waals surface area contributed by atoms with Crippen LogP contribution in [-0.2, 0) is 11.3 Å². The van der Waals surface area contributed by atoms with E-state index in [0.717, 1.165) is 0 Å². The maximum Gasteiger partial charge on any atom is 0.490 e. The fraction of sp³-hybridized carbons (Fsp3) is 0.273. The van der Waals surface area contributed by atoms with E-state index in [9.17, 15) is 18.0 Å². The minimum absolute atomic E-state index is 0.0807. The van der Waals surface area contributed by atoms with Crippen molar-refractivity contribution in [2.24, 2.45) is 0 Å². The number of hydrogen-bond acceptors (Lipinski definition) is 8. The minimum Gasteiger partial charge on any atom is -0.491 e. The zero-order valence-electron chi connectivity index (χ0n) is 19.8. The molecule has 0 aliphatic carbocycles. The highest BCUT2D eigenvalue weighted by atomic mass is 35.5. The van der Waals surface area contributed by atoms with E-state index in [2.05, 4.69) is 20.5 Å². The third-order valence-corrected chi connectivity index (χ3v) is 5.32. The van der Waals surface area contributed by atoms with Crippen molar-refractivity contribution in [3.8, 4) is 11.8 Å². The fourth-order valence-electron chi connectivity index (χ4n) is 3.42. The summed E-state index contributed by atoms with van der Waals surface area (Å²) >= 11 is 6.48. The molecule has 0 bridgehead atoms. The van der Waals surface area contributed by atoms with Crippen molar-refractivity contribution in [2.75, 3.05) is 12.3 Å². The number of hydrogen-bond donors (Lipinski definition) is 3. The molecule has 0 aliphatic heterocycles. The van der Waals surface area contributed by atoms with E-state index in [-0.39, 0.29) is 17.9 Å². The van der Waals surface area contributed by atoms with Crippen LogP contribution in [0.25, 0.3) is 16.6 Å². The number of carboxylic acid groups (broad SMARTS) is 1. The number of nitrogen functional groups attached to an aromatic ring is 1. The van der Waals surface area contributed by atoms with E-state index in [0.29, 0.717) is 39.5 Å². The van der Waals surface area contributed by atoms with Crippen molar-refractivity contribution in [3.63, 3.8) is 0 Å².